The van der Waals surface area contributed by atoms with Crippen LogP contribution in [0.15, 0.2) is 41.4 Å². The number of halogens is 1. The summed E-state index contributed by atoms with van der Waals surface area (Å²) in [5.74, 6) is 1.37. The second-order valence-corrected chi connectivity index (χ2v) is 5.43. The molecule has 3 rings (SSSR count). The van der Waals surface area contributed by atoms with E-state index in [1.807, 2.05) is 12.3 Å². The highest BCUT2D eigenvalue weighted by atomic mass is 19.1. The second-order valence-electron chi connectivity index (χ2n) is 5.43. The third kappa shape index (κ3) is 2.53. The van der Waals surface area contributed by atoms with Crippen molar-refractivity contribution in [1.29, 1.82) is 0 Å². The van der Waals surface area contributed by atoms with Gasteiger partial charge in [0.25, 0.3) is 0 Å². The van der Waals surface area contributed by atoms with E-state index in [1.165, 1.54) is 37.8 Å². The first-order valence-corrected chi connectivity index (χ1v) is 6.76. The Morgan fingerprint density at radius 2 is 2.22 bits per heavy atom. The molecule has 0 spiro atoms. The van der Waals surface area contributed by atoms with Crippen molar-refractivity contribution in [3.8, 4) is 0 Å². The van der Waals surface area contributed by atoms with Gasteiger partial charge in [-0.3, -0.25) is 4.99 Å². The Morgan fingerprint density at radius 3 is 3.11 bits per heavy atom. The lowest BCUT2D eigenvalue weighted by Gasteiger charge is -2.14. The van der Waals surface area contributed by atoms with Crippen LogP contribution in [0.2, 0.25) is 0 Å². The molecule has 0 aromatic heterocycles. The van der Waals surface area contributed by atoms with E-state index < -0.39 is 0 Å². The highest BCUT2D eigenvalue weighted by Crippen LogP contribution is 2.39. The molecule has 0 heterocycles. The number of rotatable bonds is 2. The van der Waals surface area contributed by atoms with Crippen LogP contribution in [0.5, 0.6) is 0 Å². The normalized spacial score (nSPS) is 30.8. The van der Waals surface area contributed by atoms with Crippen LogP contribution in [0.1, 0.15) is 31.2 Å². The minimum atomic E-state index is -0.198. The lowest BCUT2D eigenvalue weighted by molar-refractivity contribution is 0.473. The van der Waals surface area contributed by atoms with Gasteiger partial charge in [-0.05, 0) is 55.2 Å². The molecule has 0 amide bonds. The lowest BCUT2D eigenvalue weighted by atomic mass is 9.99. The van der Waals surface area contributed by atoms with Crippen molar-refractivity contribution in [2.45, 2.75) is 31.7 Å². The van der Waals surface area contributed by atoms with Crippen molar-refractivity contribution in [1.82, 2.24) is 0 Å². The van der Waals surface area contributed by atoms with E-state index in [0.29, 0.717) is 12.0 Å². The maximum atomic E-state index is 13.1. The average molecular weight is 243 g/mol. The van der Waals surface area contributed by atoms with Crippen LogP contribution in [0, 0.1) is 17.7 Å². The molecule has 1 nitrogen and oxygen atoms in total. The van der Waals surface area contributed by atoms with Gasteiger partial charge in [-0.25, -0.2) is 4.39 Å². The molecular weight excluding hydrogens is 225 g/mol. The maximum Gasteiger partial charge on any atom is 0.123 e. The van der Waals surface area contributed by atoms with Crippen LogP contribution < -0.4 is 0 Å². The van der Waals surface area contributed by atoms with Crippen LogP contribution in [0.25, 0.3) is 0 Å². The van der Waals surface area contributed by atoms with Gasteiger partial charge in [-0.15, -0.1) is 0 Å². The SMILES string of the molecule is Fc1cccc(/C=N/C2C=CCC3CCC2C3)c1. The fourth-order valence-electron chi connectivity index (χ4n) is 3.14. The molecule has 3 unspecified atom stereocenters. The van der Waals surface area contributed by atoms with Crippen molar-refractivity contribution >= 4 is 6.21 Å². The Labute approximate surface area is 107 Å². The summed E-state index contributed by atoms with van der Waals surface area (Å²) in [6, 6.07) is 6.90. The summed E-state index contributed by atoms with van der Waals surface area (Å²) in [4.78, 5) is 4.66. The van der Waals surface area contributed by atoms with E-state index >= 15 is 0 Å². The van der Waals surface area contributed by atoms with Crippen molar-refractivity contribution in [3.05, 3.63) is 47.8 Å². The van der Waals surface area contributed by atoms with E-state index in [1.54, 1.807) is 6.07 Å². The molecule has 2 bridgehead atoms. The van der Waals surface area contributed by atoms with Crippen molar-refractivity contribution in [3.63, 3.8) is 0 Å². The highest BCUT2D eigenvalue weighted by Gasteiger charge is 2.30. The third-order valence-electron chi connectivity index (χ3n) is 4.11. The Kier molecular flexibility index (Phi) is 3.26. The summed E-state index contributed by atoms with van der Waals surface area (Å²) in [6.45, 7) is 0. The van der Waals surface area contributed by atoms with Gasteiger partial charge in [-0.1, -0.05) is 24.3 Å². The molecule has 0 aliphatic heterocycles. The Balaban J connectivity index is 1.75. The maximum absolute atomic E-state index is 13.1. The van der Waals surface area contributed by atoms with Crippen LogP contribution in [0.4, 0.5) is 4.39 Å². The fourth-order valence-corrected chi connectivity index (χ4v) is 3.14. The molecule has 1 saturated carbocycles. The fraction of sp³-hybridized carbons (Fsp3) is 0.438. The molecule has 18 heavy (non-hydrogen) atoms. The largest absolute Gasteiger partial charge is 0.285 e. The molecular formula is C16H18FN. The number of aliphatic imine (C=N–C) groups is 1. The van der Waals surface area contributed by atoms with Gasteiger partial charge < -0.3 is 0 Å². The van der Waals surface area contributed by atoms with Gasteiger partial charge in [0.15, 0.2) is 0 Å². The predicted octanol–water partition coefficient (Wildman–Crippen LogP) is 3.99. The zero-order valence-electron chi connectivity index (χ0n) is 10.4. The number of hydrogen-bond donors (Lipinski definition) is 0. The van der Waals surface area contributed by atoms with Crippen molar-refractivity contribution in [2.75, 3.05) is 0 Å². The van der Waals surface area contributed by atoms with Crippen LogP contribution in [-0.2, 0) is 0 Å². The number of fused-ring (bicyclic) bond motifs is 2. The van der Waals surface area contributed by atoms with E-state index in [0.717, 1.165) is 11.5 Å². The molecule has 1 fully saturated rings. The molecule has 0 radical (unpaired) electrons. The van der Waals surface area contributed by atoms with Gasteiger partial charge in [0.1, 0.15) is 5.82 Å². The summed E-state index contributed by atoms with van der Waals surface area (Å²) >= 11 is 0. The molecule has 1 aromatic carbocycles. The molecule has 2 aliphatic carbocycles. The number of hydrogen-bond acceptors (Lipinski definition) is 1. The zero-order valence-corrected chi connectivity index (χ0v) is 10.4. The number of nitrogens with zero attached hydrogens (tertiary/aromatic N) is 1. The first-order valence-electron chi connectivity index (χ1n) is 6.76. The highest BCUT2D eigenvalue weighted by molar-refractivity contribution is 5.79. The topological polar surface area (TPSA) is 12.4 Å². The molecule has 3 atom stereocenters. The third-order valence-corrected chi connectivity index (χ3v) is 4.11. The van der Waals surface area contributed by atoms with Gasteiger partial charge in [-0.2, -0.15) is 0 Å². The van der Waals surface area contributed by atoms with Crippen LogP contribution in [-0.4, -0.2) is 12.3 Å². The minimum Gasteiger partial charge on any atom is -0.285 e. The Hall–Kier alpha value is -1.44. The quantitative estimate of drug-likeness (QED) is 0.550. The molecule has 1 aromatic rings. The first kappa shape index (κ1) is 11.6. The Morgan fingerprint density at radius 1 is 1.28 bits per heavy atom. The van der Waals surface area contributed by atoms with E-state index in [-0.39, 0.29) is 5.82 Å². The molecule has 0 saturated heterocycles. The first-order chi connectivity index (χ1) is 8.81. The minimum absolute atomic E-state index is 0.198. The standard InChI is InChI=1S/C16H18FN/c17-15-5-1-4-13(10-15)11-18-16-6-2-3-12-7-8-14(16)9-12/h1-2,4-6,10-12,14,16H,3,7-9H2/b18-11+. The second kappa shape index (κ2) is 5.05. The molecule has 0 N–H and O–H groups in total. The van der Waals surface area contributed by atoms with Crippen molar-refractivity contribution in [2.24, 2.45) is 16.8 Å². The smallest absolute Gasteiger partial charge is 0.123 e. The summed E-state index contributed by atoms with van der Waals surface area (Å²) in [7, 11) is 0. The van der Waals surface area contributed by atoms with Crippen LogP contribution >= 0.6 is 0 Å². The Bertz CT molecular complexity index is 478. The lowest BCUT2D eigenvalue weighted by Crippen LogP contribution is -2.12. The molecule has 2 heteroatoms. The van der Waals surface area contributed by atoms with Crippen molar-refractivity contribution < 1.29 is 4.39 Å². The van der Waals surface area contributed by atoms with E-state index in [2.05, 4.69) is 17.1 Å². The molecule has 2 aliphatic rings. The summed E-state index contributed by atoms with van der Waals surface area (Å²) in [6.07, 6.45) is 11.5. The summed E-state index contributed by atoms with van der Waals surface area (Å²) in [5, 5.41) is 0. The zero-order chi connectivity index (χ0) is 12.4. The van der Waals surface area contributed by atoms with Gasteiger partial charge in [0.05, 0.1) is 6.04 Å². The monoisotopic (exact) mass is 243 g/mol. The van der Waals surface area contributed by atoms with Crippen LogP contribution in [0.3, 0.4) is 0 Å². The van der Waals surface area contributed by atoms with E-state index in [4.69, 9.17) is 0 Å². The van der Waals surface area contributed by atoms with E-state index in [9.17, 15) is 4.39 Å². The van der Waals surface area contributed by atoms with Gasteiger partial charge >= 0.3 is 0 Å². The number of allylic oxidation sites excluding steroid dienone is 1. The van der Waals surface area contributed by atoms with Gasteiger partial charge in [0.2, 0.25) is 0 Å². The van der Waals surface area contributed by atoms with Gasteiger partial charge in [0, 0.05) is 6.21 Å². The predicted molar refractivity (Wildman–Crippen MR) is 72.4 cm³/mol. The summed E-state index contributed by atoms with van der Waals surface area (Å²) < 4.78 is 13.1. The molecule has 94 valence electrons. The summed E-state index contributed by atoms with van der Waals surface area (Å²) in [5.41, 5.74) is 0.849. The number of benzene rings is 1. The average Bonchev–Trinajstić information content (AvgIpc) is 2.71.